The highest BCUT2D eigenvalue weighted by atomic mass is 35.5. The number of hydrogen-bond donors (Lipinski definition) is 1. The molecule has 1 unspecified atom stereocenters. The Kier molecular flexibility index (Phi) is 6.74. The summed E-state index contributed by atoms with van der Waals surface area (Å²) in [7, 11) is 0. The number of rotatable bonds is 5. The SMILES string of the molecule is CCC(CC)NC(=O)C1CN(C(=O)c2cc(Cl)c3c(c2)OCCCO3)c2ccccc2O1. The van der Waals surface area contributed by atoms with Crippen molar-refractivity contribution >= 4 is 29.1 Å². The Bertz CT molecular complexity index is 1010. The number of anilines is 1. The van der Waals surface area contributed by atoms with Crippen LogP contribution in [0.3, 0.4) is 0 Å². The Labute approximate surface area is 192 Å². The molecule has 170 valence electrons. The van der Waals surface area contributed by atoms with Crippen LogP contribution >= 0.6 is 11.6 Å². The second-order valence-corrected chi connectivity index (χ2v) is 8.25. The molecular weight excluding hydrogens is 432 g/mol. The third-order valence-electron chi connectivity index (χ3n) is 5.69. The van der Waals surface area contributed by atoms with E-state index in [0.717, 1.165) is 19.3 Å². The number of amides is 2. The lowest BCUT2D eigenvalue weighted by Gasteiger charge is -2.35. The fraction of sp³-hybridized carbons (Fsp3) is 0.417. The predicted molar refractivity (Wildman–Crippen MR) is 122 cm³/mol. The summed E-state index contributed by atoms with van der Waals surface area (Å²) in [6, 6.07) is 10.5. The van der Waals surface area contributed by atoms with E-state index in [-0.39, 0.29) is 24.4 Å². The third-order valence-corrected chi connectivity index (χ3v) is 5.97. The fourth-order valence-electron chi connectivity index (χ4n) is 3.86. The van der Waals surface area contributed by atoms with Crippen LogP contribution in [0.2, 0.25) is 5.02 Å². The van der Waals surface area contributed by atoms with Crippen molar-refractivity contribution in [3.05, 3.63) is 47.0 Å². The van der Waals surface area contributed by atoms with Gasteiger partial charge in [-0.15, -0.1) is 0 Å². The molecule has 0 aromatic heterocycles. The summed E-state index contributed by atoms with van der Waals surface area (Å²) in [5, 5.41) is 3.33. The molecule has 32 heavy (non-hydrogen) atoms. The average molecular weight is 459 g/mol. The van der Waals surface area contributed by atoms with Crippen molar-refractivity contribution in [2.24, 2.45) is 0 Å². The molecule has 0 radical (unpaired) electrons. The maximum Gasteiger partial charge on any atom is 0.263 e. The van der Waals surface area contributed by atoms with Crippen molar-refractivity contribution in [2.75, 3.05) is 24.7 Å². The van der Waals surface area contributed by atoms with Crippen LogP contribution in [-0.2, 0) is 4.79 Å². The monoisotopic (exact) mass is 458 g/mol. The Morgan fingerprint density at radius 2 is 1.88 bits per heavy atom. The molecule has 0 aliphatic carbocycles. The second kappa shape index (κ2) is 9.69. The minimum absolute atomic E-state index is 0.0629. The molecule has 1 N–H and O–H groups in total. The molecule has 0 saturated heterocycles. The van der Waals surface area contributed by atoms with Gasteiger partial charge < -0.3 is 24.4 Å². The number of fused-ring (bicyclic) bond motifs is 2. The molecule has 2 aromatic carbocycles. The van der Waals surface area contributed by atoms with Gasteiger partial charge >= 0.3 is 0 Å². The summed E-state index contributed by atoms with van der Waals surface area (Å²) in [5.74, 6) is 0.854. The van der Waals surface area contributed by atoms with Crippen LogP contribution in [0.15, 0.2) is 36.4 Å². The topological polar surface area (TPSA) is 77.1 Å². The Hall–Kier alpha value is -2.93. The van der Waals surface area contributed by atoms with Gasteiger partial charge in [0.1, 0.15) is 5.75 Å². The third kappa shape index (κ3) is 4.48. The summed E-state index contributed by atoms with van der Waals surface area (Å²) in [5.41, 5.74) is 0.961. The molecule has 0 saturated carbocycles. The highest BCUT2D eigenvalue weighted by Crippen LogP contribution is 2.40. The van der Waals surface area contributed by atoms with Crippen LogP contribution in [0.25, 0.3) is 0 Å². The van der Waals surface area contributed by atoms with Crippen molar-refractivity contribution in [1.82, 2.24) is 5.32 Å². The molecule has 0 fully saturated rings. The summed E-state index contributed by atoms with van der Waals surface area (Å²) in [6.07, 6.45) is 1.57. The molecule has 0 bridgehead atoms. The quantitative estimate of drug-likeness (QED) is 0.726. The molecule has 7 nitrogen and oxygen atoms in total. The van der Waals surface area contributed by atoms with Gasteiger partial charge in [-0.3, -0.25) is 9.59 Å². The van der Waals surface area contributed by atoms with E-state index in [0.29, 0.717) is 46.7 Å². The molecule has 1 atom stereocenters. The normalized spacial score (nSPS) is 17.2. The largest absolute Gasteiger partial charge is 0.489 e. The predicted octanol–water partition coefficient (Wildman–Crippen LogP) is 4.21. The zero-order chi connectivity index (χ0) is 22.7. The van der Waals surface area contributed by atoms with Crippen molar-refractivity contribution in [3.8, 4) is 17.2 Å². The molecular formula is C24H27ClN2O5. The average Bonchev–Trinajstić information content (AvgIpc) is 3.07. The molecule has 8 heteroatoms. The maximum atomic E-state index is 13.6. The van der Waals surface area contributed by atoms with Gasteiger partial charge in [-0.2, -0.15) is 0 Å². The minimum atomic E-state index is -0.815. The van der Waals surface area contributed by atoms with Gasteiger partial charge in [0.2, 0.25) is 0 Å². The fourth-order valence-corrected chi connectivity index (χ4v) is 4.13. The van der Waals surface area contributed by atoms with Gasteiger partial charge in [-0.05, 0) is 37.1 Å². The van der Waals surface area contributed by atoms with Gasteiger partial charge in [0.15, 0.2) is 17.6 Å². The molecule has 2 aromatic rings. The van der Waals surface area contributed by atoms with Gasteiger partial charge in [0.05, 0.1) is 30.5 Å². The number of benzene rings is 2. The van der Waals surface area contributed by atoms with E-state index in [2.05, 4.69) is 5.32 Å². The van der Waals surface area contributed by atoms with Crippen LogP contribution in [0.5, 0.6) is 17.2 Å². The van der Waals surface area contributed by atoms with Gasteiger partial charge in [-0.1, -0.05) is 37.6 Å². The lowest BCUT2D eigenvalue weighted by Crippen LogP contribution is -2.52. The first kappa shape index (κ1) is 22.3. The molecule has 4 rings (SSSR count). The number of hydrogen-bond acceptors (Lipinski definition) is 5. The highest BCUT2D eigenvalue weighted by Gasteiger charge is 2.35. The Morgan fingerprint density at radius 1 is 1.12 bits per heavy atom. The van der Waals surface area contributed by atoms with Gasteiger partial charge in [0.25, 0.3) is 11.8 Å². The summed E-state index contributed by atoms with van der Waals surface area (Å²) < 4.78 is 17.4. The van der Waals surface area contributed by atoms with E-state index in [1.165, 1.54) is 0 Å². The van der Waals surface area contributed by atoms with Crippen LogP contribution in [0.4, 0.5) is 5.69 Å². The number of para-hydroxylation sites is 2. The molecule has 2 aliphatic heterocycles. The smallest absolute Gasteiger partial charge is 0.263 e. The Balaban J connectivity index is 1.64. The highest BCUT2D eigenvalue weighted by molar-refractivity contribution is 6.33. The number of carbonyl (C=O) groups excluding carboxylic acids is 2. The van der Waals surface area contributed by atoms with Crippen molar-refractivity contribution < 1.29 is 23.8 Å². The van der Waals surface area contributed by atoms with E-state index in [1.807, 2.05) is 26.0 Å². The van der Waals surface area contributed by atoms with E-state index in [4.69, 9.17) is 25.8 Å². The first-order chi connectivity index (χ1) is 15.5. The standard InChI is InChI=1S/C24H27ClN2O5/c1-3-16(4-2)26-23(28)21-14-27(18-8-5-6-9-19(18)32-21)24(29)15-12-17(25)22-20(13-15)30-10-7-11-31-22/h5-6,8-9,12-13,16,21H,3-4,7,10-11,14H2,1-2H3,(H,26,28). The minimum Gasteiger partial charge on any atom is -0.489 e. The summed E-state index contributed by atoms with van der Waals surface area (Å²) in [4.78, 5) is 28.0. The summed E-state index contributed by atoms with van der Waals surface area (Å²) >= 11 is 6.41. The lowest BCUT2D eigenvalue weighted by atomic mass is 10.1. The molecule has 2 aliphatic rings. The number of nitrogens with one attached hydrogen (secondary N) is 1. The van der Waals surface area contributed by atoms with Crippen molar-refractivity contribution in [2.45, 2.75) is 45.3 Å². The van der Waals surface area contributed by atoms with Crippen molar-refractivity contribution in [3.63, 3.8) is 0 Å². The zero-order valence-corrected chi connectivity index (χ0v) is 19.0. The number of ether oxygens (including phenoxy) is 3. The van der Waals surface area contributed by atoms with E-state index >= 15 is 0 Å². The number of nitrogens with zero attached hydrogens (tertiary/aromatic N) is 1. The van der Waals surface area contributed by atoms with Crippen LogP contribution < -0.4 is 24.4 Å². The molecule has 0 spiro atoms. The van der Waals surface area contributed by atoms with Gasteiger partial charge in [0, 0.05) is 18.0 Å². The Morgan fingerprint density at radius 3 is 2.66 bits per heavy atom. The first-order valence-corrected chi connectivity index (χ1v) is 11.4. The number of halogens is 1. The zero-order valence-electron chi connectivity index (χ0n) is 18.2. The maximum absolute atomic E-state index is 13.6. The second-order valence-electron chi connectivity index (χ2n) is 7.85. The first-order valence-electron chi connectivity index (χ1n) is 11.0. The van der Waals surface area contributed by atoms with Gasteiger partial charge in [-0.25, -0.2) is 0 Å². The van der Waals surface area contributed by atoms with Crippen LogP contribution in [0, 0.1) is 0 Å². The molecule has 2 amide bonds. The van der Waals surface area contributed by atoms with E-state index in [9.17, 15) is 9.59 Å². The number of carbonyl (C=O) groups is 2. The lowest BCUT2D eigenvalue weighted by molar-refractivity contribution is -0.128. The van der Waals surface area contributed by atoms with E-state index in [1.54, 1.807) is 29.2 Å². The summed E-state index contributed by atoms with van der Waals surface area (Å²) in [6.45, 7) is 5.13. The van der Waals surface area contributed by atoms with Crippen LogP contribution in [-0.4, -0.2) is 43.7 Å². The van der Waals surface area contributed by atoms with Crippen LogP contribution in [0.1, 0.15) is 43.5 Å². The van der Waals surface area contributed by atoms with E-state index < -0.39 is 6.10 Å². The van der Waals surface area contributed by atoms with Crippen molar-refractivity contribution in [1.29, 1.82) is 0 Å². The molecule has 2 heterocycles.